The zero-order valence-corrected chi connectivity index (χ0v) is 12.6. The molecule has 0 unspecified atom stereocenters. The van der Waals surface area contributed by atoms with Crippen molar-refractivity contribution in [2.75, 3.05) is 0 Å². The summed E-state index contributed by atoms with van der Waals surface area (Å²) in [4.78, 5) is 0. The first-order valence-electron chi connectivity index (χ1n) is 7.04. The second kappa shape index (κ2) is 5.44. The number of benzene rings is 2. The van der Waals surface area contributed by atoms with Gasteiger partial charge >= 0.3 is 0 Å². The molecule has 1 heterocycles. The molecule has 0 radical (unpaired) electrons. The minimum atomic E-state index is -1.14. The van der Waals surface area contributed by atoms with Crippen molar-refractivity contribution in [2.45, 2.75) is 32.5 Å². The topological polar surface area (TPSA) is 18.5 Å². The Morgan fingerprint density at radius 2 is 1.74 bits per heavy atom. The Morgan fingerprint density at radius 3 is 2.39 bits per heavy atom. The van der Waals surface area contributed by atoms with E-state index in [1.54, 1.807) is 13.8 Å². The van der Waals surface area contributed by atoms with Gasteiger partial charge in [-0.3, -0.25) is 0 Å². The standard InChI is InChI=1S/C17H14F4O2/c1-17(2)7-9-6-13(20)14(21)10(15(9)23-17)8-22-16-11(18)4-3-5-12(16)19/h3-6H,7-8H2,1-2H3. The molecule has 0 saturated carbocycles. The zero-order chi connectivity index (χ0) is 16.8. The van der Waals surface area contributed by atoms with E-state index in [1.807, 2.05) is 0 Å². The van der Waals surface area contributed by atoms with Crippen LogP contribution in [0, 0.1) is 23.3 Å². The highest BCUT2D eigenvalue weighted by Crippen LogP contribution is 2.40. The fraction of sp³-hybridized carbons (Fsp3) is 0.294. The maximum absolute atomic E-state index is 14.1. The lowest BCUT2D eigenvalue weighted by Gasteiger charge is -2.18. The molecule has 0 N–H and O–H groups in total. The van der Waals surface area contributed by atoms with Crippen LogP contribution >= 0.6 is 0 Å². The first-order valence-corrected chi connectivity index (χ1v) is 7.04. The SMILES string of the molecule is CC1(C)Cc2cc(F)c(F)c(COc3c(F)cccc3F)c2O1. The van der Waals surface area contributed by atoms with E-state index < -0.39 is 41.2 Å². The second-order valence-corrected chi connectivity index (χ2v) is 6.02. The molecular weight excluding hydrogens is 312 g/mol. The molecule has 122 valence electrons. The van der Waals surface area contributed by atoms with E-state index in [0.717, 1.165) is 18.2 Å². The van der Waals surface area contributed by atoms with E-state index in [0.29, 0.717) is 12.0 Å². The molecule has 2 aromatic carbocycles. The molecule has 2 nitrogen and oxygen atoms in total. The van der Waals surface area contributed by atoms with Crippen molar-refractivity contribution in [1.82, 2.24) is 0 Å². The Labute approximate surface area is 130 Å². The molecule has 0 saturated heterocycles. The number of rotatable bonds is 3. The Morgan fingerprint density at radius 1 is 1.09 bits per heavy atom. The summed E-state index contributed by atoms with van der Waals surface area (Å²) in [6, 6.07) is 4.30. The highest BCUT2D eigenvalue weighted by atomic mass is 19.2. The molecule has 2 aromatic rings. The number of halogens is 4. The van der Waals surface area contributed by atoms with Gasteiger partial charge in [0, 0.05) is 12.0 Å². The molecule has 6 heteroatoms. The molecule has 0 atom stereocenters. The maximum atomic E-state index is 14.1. The van der Waals surface area contributed by atoms with Gasteiger partial charge in [-0.2, -0.15) is 0 Å². The summed E-state index contributed by atoms with van der Waals surface area (Å²) in [5, 5.41) is 0. The average molecular weight is 326 g/mol. The number of hydrogen-bond acceptors (Lipinski definition) is 2. The van der Waals surface area contributed by atoms with E-state index in [9.17, 15) is 17.6 Å². The molecule has 1 aliphatic heterocycles. The number of ether oxygens (including phenoxy) is 2. The van der Waals surface area contributed by atoms with Crippen LogP contribution in [0.3, 0.4) is 0 Å². The monoisotopic (exact) mass is 326 g/mol. The Kier molecular flexibility index (Phi) is 3.70. The van der Waals surface area contributed by atoms with Crippen LogP contribution in [0.25, 0.3) is 0 Å². The molecule has 0 fully saturated rings. The van der Waals surface area contributed by atoms with E-state index in [-0.39, 0.29) is 11.3 Å². The number of hydrogen-bond donors (Lipinski definition) is 0. The highest BCUT2D eigenvalue weighted by molar-refractivity contribution is 5.47. The lowest BCUT2D eigenvalue weighted by molar-refractivity contribution is 0.134. The van der Waals surface area contributed by atoms with Crippen LogP contribution in [0.5, 0.6) is 11.5 Å². The van der Waals surface area contributed by atoms with Crippen LogP contribution in [-0.2, 0) is 13.0 Å². The van der Waals surface area contributed by atoms with Gasteiger partial charge in [0.15, 0.2) is 29.0 Å². The van der Waals surface area contributed by atoms with E-state index in [4.69, 9.17) is 9.47 Å². The highest BCUT2D eigenvalue weighted by Gasteiger charge is 2.34. The summed E-state index contributed by atoms with van der Waals surface area (Å²) in [6.45, 7) is 3.02. The Bertz CT molecular complexity index is 751. The minimum absolute atomic E-state index is 0.172. The normalized spacial score (nSPS) is 15.2. The van der Waals surface area contributed by atoms with Crippen LogP contribution < -0.4 is 9.47 Å². The molecule has 3 rings (SSSR count). The molecule has 0 aliphatic carbocycles. The fourth-order valence-electron chi connectivity index (χ4n) is 2.64. The summed E-state index contributed by atoms with van der Waals surface area (Å²) < 4.78 is 65.6. The van der Waals surface area contributed by atoms with Crippen LogP contribution in [-0.4, -0.2) is 5.60 Å². The molecule has 0 spiro atoms. The van der Waals surface area contributed by atoms with Crippen LogP contribution in [0.4, 0.5) is 17.6 Å². The summed E-state index contributed by atoms with van der Waals surface area (Å²) in [5.41, 5.74) is -0.296. The van der Waals surface area contributed by atoms with Crippen molar-refractivity contribution in [1.29, 1.82) is 0 Å². The third-order valence-electron chi connectivity index (χ3n) is 3.62. The Hall–Kier alpha value is -2.24. The molecule has 23 heavy (non-hydrogen) atoms. The van der Waals surface area contributed by atoms with Gasteiger partial charge in [-0.1, -0.05) is 6.07 Å². The molecule has 0 amide bonds. The second-order valence-electron chi connectivity index (χ2n) is 6.02. The van der Waals surface area contributed by atoms with Crippen LogP contribution in [0.15, 0.2) is 24.3 Å². The third-order valence-corrected chi connectivity index (χ3v) is 3.62. The van der Waals surface area contributed by atoms with Crippen LogP contribution in [0.1, 0.15) is 25.0 Å². The van der Waals surface area contributed by atoms with Gasteiger partial charge in [-0.15, -0.1) is 0 Å². The van der Waals surface area contributed by atoms with Gasteiger partial charge in [0.2, 0.25) is 0 Å². The molecule has 1 aliphatic rings. The van der Waals surface area contributed by atoms with Crippen molar-refractivity contribution in [3.05, 3.63) is 58.7 Å². The number of para-hydroxylation sites is 1. The predicted octanol–water partition coefficient (Wildman–Crippen LogP) is 4.54. The summed E-state index contributed by atoms with van der Waals surface area (Å²) in [6.07, 6.45) is 0.403. The average Bonchev–Trinajstić information content (AvgIpc) is 2.76. The van der Waals surface area contributed by atoms with E-state index in [1.165, 1.54) is 6.07 Å². The molecule has 0 bridgehead atoms. The van der Waals surface area contributed by atoms with Crippen molar-refractivity contribution in [3.8, 4) is 11.5 Å². The van der Waals surface area contributed by atoms with Crippen molar-refractivity contribution < 1.29 is 27.0 Å². The summed E-state index contributed by atoms with van der Waals surface area (Å²) in [5.74, 6) is -4.48. The van der Waals surface area contributed by atoms with Gasteiger partial charge in [0.1, 0.15) is 18.0 Å². The summed E-state index contributed by atoms with van der Waals surface area (Å²) in [7, 11) is 0. The first kappa shape index (κ1) is 15.6. The van der Waals surface area contributed by atoms with Crippen LogP contribution in [0.2, 0.25) is 0 Å². The summed E-state index contributed by atoms with van der Waals surface area (Å²) >= 11 is 0. The molecule has 0 aromatic heterocycles. The van der Waals surface area contributed by atoms with Crippen molar-refractivity contribution in [2.24, 2.45) is 0 Å². The smallest absolute Gasteiger partial charge is 0.191 e. The lowest BCUT2D eigenvalue weighted by atomic mass is 10.00. The number of fused-ring (bicyclic) bond motifs is 1. The fourth-order valence-corrected chi connectivity index (χ4v) is 2.64. The largest absolute Gasteiger partial charge is 0.487 e. The van der Waals surface area contributed by atoms with Crippen molar-refractivity contribution >= 4 is 0 Å². The predicted molar refractivity (Wildman–Crippen MR) is 75.5 cm³/mol. The van der Waals surface area contributed by atoms with Crippen molar-refractivity contribution in [3.63, 3.8) is 0 Å². The van der Waals surface area contributed by atoms with E-state index in [2.05, 4.69) is 0 Å². The third kappa shape index (κ3) is 2.85. The first-order chi connectivity index (χ1) is 10.8. The lowest BCUT2D eigenvalue weighted by Crippen LogP contribution is -2.25. The molecular formula is C17H14F4O2. The van der Waals surface area contributed by atoms with Gasteiger partial charge < -0.3 is 9.47 Å². The maximum Gasteiger partial charge on any atom is 0.191 e. The minimum Gasteiger partial charge on any atom is -0.487 e. The van der Waals surface area contributed by atoms with Gasteiger partial charge in [-0.25, -0.2) is 17.6 Å². The quantitative estimate of drug-likeness (QED) is 0.771. The Balaban J connectivity index is 1.95. The van der Waals surface area contributed by atoms with Gasteiger partial charge in [-0.05, 0) is 32.0 Å². The van der Waals surface area contributed by atoms with E-state index >= 15 is 0 Å². The zero-order valence-electron chi connectivity index (χ0n) is 12.6. The van der Waals surface area contributed by atoms with Gasteiger partial charge in [0.05, 0.1) is 5.56 Å². The van der Waals surface area contributed by atoms with Gasteiger partial charge in [0.25, 0.3) is 0 Å².